The molecule has 54 heavy (non-hydrogen) atoms. The highest BCUT2D eigenvalue weighted by atomic mass is 31.2. The van der Waals surface area contributed by atoms with Gasteiger partial charge >= 0.3 is 19.8 Å². The summed E-state index contributed by atoms with van der Waals surface area (Å²) in [6, 6.07) is -1.47. The SMILES string of the molecule is CCCCCCC/C=C\C/C=C\CCCCCCCCCCCCOCC(COP(=O)(O)OCC(N)C(=O)O)OC(=O)CCCCCCCCCCCC. The number of carbonyl (C=O) groups excluding carboxylic acids is 1. The molecule has 0 heterocycles. The lowest BCUT2D eigenvalue weighted by Gasteiger charge is -2.20. The monoisotopic (exact) mass is 788 g/mol. The summed E-state index contributed by atoms with van der Waals surface area (Å²) in [5.74, 6) is -1.78. The zero-order chi connectivity index (χ0) is 39.8. The average Bonchev–Trinajstić information content (AvgIpc) is 3.15. The molecule has 0 bridgehead atoms. The van der Waals surface area contributed by atoms with Crippen LogP contribution in [0.25, 0.3) is 0 Å². The van der Waals surface area contributed by atoms with Crippen molar-refractivity contribution in [3.8, 4) is 0 Å². The maximum atomic E-state index is 12.6. The van der Waals surface area contributed by atoms with E-state index in [1.165, 1.54) is 135 Å². The van der Waals surface area contributed by atoms with Gasteiger partial charge in [0.25, 0.3) is 0 Å². The van der Waals surface area contributed by atoms with Gasteiger partial charge in [0.15, 0.2) is 0 Å². The fourth-order valence-corrected chi connectivity index (χ4v) is 6.82. The summed E-state index contributed by atoms with van der Waals surface area (Å²) in [7, 11) is -4.61. The van der Waals surface area contributed by atoms with Crippen molar-refractivity contribution in [2.45, 2.75) is 212 Å². The molecule has 0 saturated carbocycles. The summed E-state index contributed by atoms with van der Waals surface area (Å²) in [5, 5.41) is 8.88. The molecule has 0 saturated heterocycles. The Hall–Kier alpha value is -1.55. The Morgan fingerprint density at radius 2 is 1.02 bits per heavy atom. The third-order valence-electron chi connectivity index (χ3n) is 9.48. The number of hydrogen-bond donors (Lipinski definition) is 3. The lowest BCUT2D eigenvalue weighted by molar-refractivity contribution is -0.154. The minimum absolute atomic E-state index is 0.0184. The summed E-state index contributed by atoms with van der Waals surface area (Å²) in [4.78, 5) is 33.4. The summed E-state index contributed by atoms with van der Waals surface area (Å²) in [6.07, 6.45) is 42.4. The van der Waals surface area contributed by atoms with E-state index in [1.807, 2.05) is 0 Å². The van der Waals surface area contributed by atoms with E-state index in [-0.39, 0.29) is 13.0 Å². The van der Waals surface area contributed by atoms with Crippen molar-refractivity contribution in [2.24, 2.45) is 5.73 Å². The minimum Gasteiger partial charge on any atom is -0.480 e. The van der Waals surface area contributed by atoms with Gasteiger partial charge in [0, 0.05) is 13.0 Å². The molecule has 0 aromatic rings. The Kier molecular flexibility index (Phi) is 38.5. The van der Waals surface area contributed by atoms with Crippen LogP contribution < -0.4 is 5.73 Å². The second-order valence-electron chi connectivity index (χ2n) is 14.8. The Morgan fingerprint density at radius 1 is 0.593 bits per heavy atom. The van der Waals surface area contributed by atoms with Gasteiger partial charge in [-0.15, -0.1) is 0 Å². The van der Waals surface area contributed by atoms with E-state index < -0.39 is 45.1 Å². The van der Waals surface area contributed by atoms with Crippen molar-refractivity contribution in [2.75, 3.05) is 26.4 Å². The predicted octanol–water partition coefficient (Wildman–Crippen LogP) is 11.9. The number of phosphoric ester groups is 1. The Balaban J connectivity index is 4.11. The summed E-state index contributed by atoms with van der Waals surface area (Å²) >= 11 is 0. The van der Waals surface area contributed by atoms with Crippen LogP contribution in [0.15, 0.2) is 24.3 Å². The number of hydrogen-bond acceptors (Lipinski definition) is 8. The van der Waals surface area contributed by atoms with Gasteiger partial charge in [0.1, 0.15) is 12.1 Å². The van der Waals surface area contributed by atoms with Crippen molar-refractivity contribution in [3.05, 3.63) is 24.3 Å². The maximum absolute atomic E-state index is 12.6. The molecule has 3 unspecified atom stereocenters. The number of nitrogens with two attached hydrogens (primary N) is 1. The molecular weight excluding hydrogens is 705 g/mol. The fraction of sp³-hybridized carbons (Fsp3) is 0.860. The third kappa shape index (κ3) is 38.7. The van der Waals surface area contributed by atoms with Crippen LogP contribution in [0.4, 0.5) is 0 Å². The lowest BCUT2D eigenvalue weighted by atomic mass is 10.1. The number of unbranched alkanes of at least 4 members (excludes halogenated alkanes) is 24. The van der Waals surface area contributed by atoms with Crippen molar-refractivity contribution in [1.29, 1.82) is 0 Å². The van der Waals surface area contributed by atoms with Gasteiger partial charge < -0.3 is 25.2 Å². The molecule has 3 atom stereocenters. The summed E-state index contributed by atoms with van der Waals surface area (Å²) in [6.45, 7) is 3.86. The van der Waals surface area contributed by atoms with Crippen LogP contribution in [0.5, 0.6) is 0 Å². The first-order valence-electron chi connectivity index (χ1n) is 21.9. The van der Waals surface area contributed by atoms with Gasteiger partial charge in [-0.1, -0.05) is 173 Å². The number of allylic oxidation sites excluding steroid dienone is 4. The van der Waals surface area contributed by atoms with Gasteiger partial charge in [-0.05, 0) is 44.9 Å². The highest BCUT2D eigenvalue weighted by Crippen LogP contribution is 2.43. The molecule has 318 valence electrons. The molecule has 0 aliphatic carbocycles. The van der Waals surface area contributed by atoms with Crippen LogP contribution in [0.3, 0.4) is 0 Å². The molecule has 0 radical (unpaired) electrons. The third-order valence-corrected chi connectivity index (χ3v) is 10.4. The van der Waals surface area contributed by atoms with E-state index in [1.54, 1.807) is 0 Å². The molecule has 0 aromatic carbocycles. The second kappa shape index (κ2) is 39.7. The number of carboxylic acids is 1. The quantitative estimate of drug-likeness (QED) is 0.0236. The van der Waals surface area contributed by atoms with E-state index in [9.17, 15) is 19.0 Å². The van der Waals surface area contributed by atoms with Crippen molar-refractivity contribution >= 4 is 19.8 Å². The molecule has 0 amide bonds. The number of esters is 1. The molecular formula is C43H82NO9P. The Bertz CT molecular complexity index is 961. The molecule has 10 nitrogen and oxygen atoms in total. The average molecular weight is 788 g/mol. The molecule has 11 heteroatoms. The fourth-order valence-electron chi connectivity index (χ4n) is 6.05. The first-order valence-corrected chi connectivity index (χ1v) is 23.4. The number of rotatable bonds is 42. The zero-order valence-corrected chi connectivity index (χ0v) is 35.5. The van der Waals surface area contributed by atoms with Crippen molar-refractivity contribution in [1.82, 2.24) is 0 Å². The Labute approximate surface area is 330 Å². The van der Waals surface area contributed by atoms with E-state index in [2.05, 4.69) is 38.2 Å². The smallest absolute Gasteiger partial charge is 0.472 e. The molecule has 4 N–H and O–H groups in total. The van der Waals surface area contributed by atoms with Crippen molar-refractivity contribution in [3.63, 3.8) is 0 Å². The number of ether oxygens (including phenoxy) is 2. The van der Waals surface area contributed by atoms with Gasteiger partial charge in [-0.3, -0.25) is 18.6 Å². The highest BCUT2D eigenvalue weighted by molar-refractivity contribution is 7.47. The van der Waals surface area contributed by atoms with E-state index in [0.29, 0.717) is 13.0 Å². The lowest BCUT2D eigenvalue weighted by Crippen LogP contribution is -2.34. The van der Waals surface area contributed by atoms with Crippen LogP contribution in [-0.4, -0.2) is 60.5 Å². The van der Waals surface area contributed by atoms with E-state index in [0.717, 1.165) is 38.5 Å². The number of carbonyl (C=O) groups is 2. The van der Waals surface area contributed by atoms with Crippen LogP contribution in [0, 0.1) is 0 Å². The van der Waals surface area contributed by atoms with Crippen LogP contribution in [-0.2, 0) is 32.7 Å². The van der Waals surface area contributed by atoms with Crippen LogP contribution in [0.1, 0.15) is 200 Å². The second-order valence-corrected chi connectivity index (χ2v) is 16.3. The summed E-state index contributed by atoms with van der Waals surface area (Å²) < 4.78 is 33.3. The maximum Gasteiger partial charge on any atom is 0.472 e. The number of carboxylic acid groups (broad SMARTS) is 1. The van der Waals surface area contributed by atoms with E-state index in [4.69, 9.17) is 29.4 Å². The molecule has 0 aromatic heterocycles. The normalized spacial score (nSPS) is 14.1. The first-order chi connectivity index (χ1) is 26.2. The Morgan fingerprint density at radius 3 is 1.50 bits per heavy atom. The van der Waals surface area contributed by atoms with Crippen molar-refractivity contribution < 1.29 is 42.7 Å². The number of aliphatic carboxylic acids is 1. The first kappa shape index (κ1) is 52.5. The van der Waals surface area contributed by atoms with Gasteiger partial charge in [0.2, 0.25) is 0 Å². The predicted molar refractivity (Wildman–Crippen MR) is 222 cm³/mol. The summed E-state index contributed by atoms with van der Waals surface area (Å²) in [5.41, 5.74) is 5.35. The highest BCUT2D eigenvalue weighted by Gasteiger charge is 2.27. The molecule has 0 spiro atoms. The standard InChI is InChI=1S/C43H82NO9P/c1-3-5-7-9-11-13-15-16-17-18-19-20-21-22-23-24-25-26-28-30-32-34-36-50-37-40(38-51-54(48,49)52-39-41(44)43(46)47)53-42(45)35-33-31-29-27-14-12-10-8-6-4-2/h15-16,18-19,40-41H,3-14,17,20-39,44H2,1-2H3,(H,46,47)(H,48,49)/b16-15-,19-18-. The zero-order valence-electron chi connectivity index (χ0n) is 34.6. The molecule has 0 aliphatic heterocycles. The van der Waals surface area contributed by atoms with Crippen LogP contribution in [0.2, 0.25) is 0 Å². The van der Waals surface area contributed by atoms with E-state index >= 15 is 0 Å². The largest absolute Gasteiger partial charge is 0.480 e. The topological polar surface area (TPSA) is 155 Å². The van der Waals surface area contributed by atoms with Crippen LogP contribution >= 0.6 is 7.82 Å². The number of phosphoric acid groups is 1. The minimum atomic E-state index is -4.61. The van der Waals surface area contributed by atoms with Gasteiger partial charge in [-0.25, -0.2) is 4.57 Å². The van der Waals surface area contributed by atoms with Gasteiger partial charge in [-0.2, -0.15) is 0 Å². The molecule has 0 fully saturated rings. The molecule has 0 aliphatic rings. The molecule has 0 rings (SSSR count). The van der Waals surface area contributed by atoms with Gasteiger partial charge in [0.05, 0.1) is 19.8 Å².